The fourth-order valence-corrected chi connectivity index (χ4v) is 4.71. The molecule has 3 aromatic carbocycles. The van der Waals surface area contributed by atoms with Crippen LogP contribution in [-0.4, -0.2) is 35.1 Å². The largest absolute Gasteiger partial charge is 0.493 e. The van der Waals surface area contributed by atoms with Gasteiger partial charge in [-0.25, -0.2) is 17.2 Å². The number of anilines is 2. The number of rotatable bonds is 8. The normalized spacial score (nSPS) is 11.1. The maximum absolute atomic E-state index is 14.1. The van der Waals surface area contributed by atoms with Gasteiger partial charge in [0, 0.05) is 10.5 Å². The second kappa shape index (κ2) is 10.2. The van der Waals surface area contributed by atoms with Crippen LogP contribution in [0.1, 0.15) is 0 Å². The zero-order valence-electron chi connectivity index (χ0n) is 17.5. The minimum atomic E-state index is -4.32. The molecule has 3 rings (SSSR count). The molecule has 174 valence electrons. The Morgan fingerprint density at radius 2 is 1.64 bits per heavy atom. The molecule has 0 saturated carbocycles. The fourth-order valence-electron chi connectivity index (χ4n) is 2.94. The molecule has 11 heteroatoms. The highest BCUT2D eigenvalue weighted by atomic mass is 79.9. The highest BCUT2D eigenvalue weighted by molar-refractivity contribution is 9.10. The van der Waals surface area contributed by atoms with Crippen LogP contribution in [0.25, 0.3) is 0 Å². The summed E-state index contributed by atoms with van der Waals surface area (Å²) in [5.74, 6) is -1.60. The van der Waals surface area contributed by atoms with Crippen LogP contribution in [-0.2, 0) is 14.8 Å². The van der Waals surface area contributed by atoms with Crippen molar-refractivity contribution in [1.29, 1.82) is 0 Å². The lowest BCUT2D eigenvalue weighted by atomic mass is 10.3. The Morgan fingerprint density at radius 1 is 0.970 bits per heavy atom. The molecule has 0 saturated heterocycles. The van der Waals surface area contributed by atoms with Gasteiger partial charge in [0.25, 0.3) is 10.0 Å². The van der Waals surface area contributed by atoms with Gasteiger partial charge in [-0.05, 0) is 54.6 Å². The third kappa shape index (κ3) is 5.60. The lowest BCUT2D eigenvalue weighted by molar-refractivity contribution is -0.114. The van der Waals surface area contributed by atoms with Gasteiger partial charge in [-0.15, -0.1) is 0 Å². The monoisotopic (exact) mass is 540 g/mol. The predicted octanol–water partition coefficient (Wildman–Crippen LogP) is 4.58. The van der Waals surface area contributed by atoms with E-state index in [0.717, 1.165) is 22.5 Å². The molecule has 0 aliphatic heterocycles. The number of nitrogens with zero attached hydrogens (tertiary/aromatic N) is 1. The van der Waals surface area contributed by atoms with Gasteiger partial charge < -0.3 is 14.8 Å². The number of halogens is 3. The van der Waals surface area contributed by atoms with E-state index in [1.807, 2.05) is 0 Å². The number of hydrogen-bond donors (Lipinski definition) is 1. The maximum Gasteiger partial charge on any atom is 0.264 e. The zero-order valence-corrected chi connectivity index (χ0v) is 19.9. The summed E-state index contributed by atoms with van der Waals surface area (Å²) in [5.41, 5.74) is -0.0802. The molecular formula is C22H19BrF2N2O5S. The van der Waals surface area contributed by atoms with Crippen molar-refractivity contribution >= 4 is 43.2 Å². The second-order valence-corrected chi connectivity index (χ2v) is 9.46. The first-order valence-electron chi connectivity index (χ1n) is 9.41. The van der Waals surface area contributed by atoms with E-state index >= 15 is 0 Å². The lowest BCUT2D eigenvalue weighted by Crippen LogP contribution is -2.38. The minimum Gasteiger partial charge on any atom is -0.493 e. The summed E-state index contributed by atoms with van der Waals surface area (Å²) in [7, 11) is -1.56. The first-order chi connectivity index (χ1) is 15.6. The Kier molecular flexibility index (Phi) is 7.54. The van der Waals surface area contributed by atoms with Gasteiger partial charge in [-0.2, -0.15) is 0 Å². The van der Waals surface area contributed by atoms with Gasteiger partial charge >= 0.3 is 0 Å². The van der Waals surface area contributed by atoms with Crippen LogP contribution in [0.3, 0.4) is 0 Å². The van der Waals surface area contributed by atoms with E-state index in [4.69, 9.17) is 9.47 Å². The Balaban J connectivity index is 1.99. The van der Waals surface area contributed by atoms with Crippen molar-refractivity contribution in [2.75, 3.05) is 30.4 Å². The third-order valence-corrected chi connectivity index (χ3v) is 6.81. The number of benzene rings is 3. The number of carbonyl (C=O) groups is 1. The first kappa shape index (κ1) is 24.5. The van der Waals surface area contributed by atoms with Gasteiger partial charge in [0.05, 0.1) is 30.5 Å². The molecule has 0 aromatic heterocycles. The van der Waals surface area contributed by atoms with E-state index in [0.29, 0.717) is 10.2 Å². The second-order valence-electron chi connectivity index (χ2n) is 6.68. The molecule has 0 unspecified atom stereocenters. The Morgan fingerprint density at radius 3 is 2.24 bits per heavy atom. The van der Waals surface area contributed by atoms with Crippen molar-refractivity contribution in [3.8, 4) is 11.5 Å². The summed E-state index contributed by atoms with van der Waals surface area (Å²) in [5, 5.41) is 2.35. The minimum absolute atomic E-state index is 0.0395. The van der Waals surface area contributed by atoms with E-state index in [1.54, 1.807) is 0 Å². The molecule has 0 bridgehead atoms. The Hall–Kier alpha value is -3.18. The summed E-state index contributed by atoms with van der Waals surface area (Å²) < 4.78 is 66.1. The summed E-state index contributed by atoms with van der Waals surface area (Å²) in [6, 6.07) is 12.6. The van der Waals surface area contributed by atoms with E-state index in [1.165, 1.54) is 56.7 Å². The zero-order chi connectivity index (χ0) is 24.2. The molecule has 33 heavy (non-hydrogen) atoms. The van der Waals surface area contributed by atoms with Crippen LogP contribution in [0.2, 0.25) is 0 Å². The number of hydrogen-bond acceptors (Lipinski definition) is 5. The molecule has 0 aliphatic rings. The predicted molar refractivity (Wildman–Crippen MR) is 123 cm³/mol. The van der Waals surface area contributed by atoms with Crippen molar-refractivity contribution in [3.05, 3.63) is 76.8 Å². The van der Waals surface area contributed by atoms with Crippen LogP contribution >= 0.6 is 15.9 Å². The standard InChI is InChI=1S/C22H19BrF2N2O5S/c1-31-20-10-8-17(12-21(20)32-2)33(29,30)27(16-6-4-15(24)5-7-16)13-22(28)26-19-9-3-14(23)11-18(19)25/h3-12H,13H2,1-2H3,(H,26,28). The van der Waals surface area contributed by atoms with Gasteiger partial charge in [0.15, 0.2) is 11.5 Å². The molecule has 1 amide bonds. The van der Waals surface area contributed by atoms with Gasteiger partial charge in [-0.3, -0.25) is 9.10 Å². The Bertz CT molecular complexity index is 1270. The van der Waals surface area contributed by atoms with Crippen molar-refractivity contribution in [2.24, 2.45) is 0 Å². The SMILES string of the molecule is COc1ccc(S(=O)(=O)N(CC(=O)Nc2ccc(Br)cc2F)c2ccc(F)cc2)cc1OC. The molecule has 0 radical (unpaired) electrons. The van der Waals surface area contributed by atoms with E-state index in [-0.39, 0.29) is 22.0 Å². The number of methoxy groups -OCH3 is 2. The molecular weight excluding hydrogens is 522 g/mol. The van der Waals surface area contributed by atoms with Crippen LogP contribution in [0.4, 0.5) is 20.2 Å². The molecule has 0 aliphatic carbocycles. The number of nitrogens with one attached hydrogen (secondary N) is 1. The van der Waals surface area contributed by atoms with Crippen LogP contribution in [0, 0.1) is 11.6 Å². The smallest absolute Gasteiger partial charge is 0.264 e. The number of ether oxygens (including phenoxy) is 2. The third-order valence-electron chi connectivity index (χ3n) is 4.55. The van der Waals surface area contributed by atoms with Crippen molar-refractivity contribution in [3.63, 3.8) is 0 Å². The topological polar surface area (TPSA) is 84.9 Å². The number of amides is 1. The summed E-state index contributed by atoms with van der Waals surface area (Å²) in [4.78, 5) is 12.5. The maximum atomic E-state index is 14.1. The summed E-state index contributed by atoms with van der Waals surface area (Å²) in [6.45, 7) is -0.697. The van der Waals surface area contributed by atoms with Gasteiger partial charge in [0.1, 0.15) is 18.2 Å². The quantitative estimate of drug-likeness (QED) is 0.452. The van der Waals surface area contributed by atoms with Crippen LogP contribution in [0.15, 0.2) is 70.0 Å². The van der Waals surface area contributed by atoms with Crippen LogP contribution in [0.5, 0.6) is 11.5 Å². The van der Waals surface area contributed by atoms with Crippen molar-refractivity contribution in [1.82, 2.24) is 0 Å². The van der Waals surface area contributed by atoms with Crippen LogP contribution < -0.4 is 19.1 Å². The highest BCUT2D eigenvalue weighted by Crippen LogP contribution is 2.32. The highest BCUT2D eigenvalue weighted by Gasteiger charge is 2.28. The molecule has 3 aromatic rings. The number of carbonyl (C=O) groups excluding carboxylic acids is 1. The molecule has 0 fully saturated rings. The molecule has 0 heterocycles. The lowest BCUT2D eigenvalue weighted by Gasteiger charge is -2.24. The molecule has 0 atom stereocenters. The van der Waals surface area contributed by atoms with Gasteiger partial charge in [0.2, 0.25) is 5.91 Å². The van der Waals surface area contributed by atoms with Crippen molar-refractivity contribution in [2.45, 2.75) is 4.90 Å². The average Bonchev–Trinajstić information content (AvgIpc) is 2.79. The molecule has 7 nitrogen and oxygen atoms in total. The average molecular weight is 541 g/mol. The first-order valence-corrected chi connectivity index (χ1v) is 11.6. The van der Waals surface area contributed by atoms with E-state index in [9.17, 15) is 22.0 Å². The Labute approximate surface area is 198 Å². The summed E-state index contributed by atoms with van der Waals surface area (Å²) in [6.07, 6.45) is 0. The molecule has 1 N–H and O–H groups in total. The van der Waals surface area contributed by atoms with Gasteiger partial charge in [-0.1, -0.05) is 15.9 Å². The van der Waals surface area contributed by atoms with E-state index in [2.05, 4.69) is 21.2 Å². The molecule has 0 spiro atoms. The number of sulfonamides is 1. The van der Waals surface area contributed by atoms with E-state index < -0.39 is 34.1 Å². The summed E-state index contributed by atoms with van der Waals surface area (Å²) >= 11 is 3.12. The van der Waals surface area contributed by atoms with Crippen molar-refractivity contribution < 1.29 is 31.5 Å². The fraction of sp³-hybridized carbons (Fsp3) is 0.136.